The molecule has 1 N–H and O–H groups in total. The maximum atomic E-state index is 5.58. The lowest BCUT2D eigenvalue weighted by atomic mass is 10.1. The molecule has 0 bridgehead atoms. The Morgan fingerprint density at radius 3 is 2.25 bits per heavy atom. The summed E-state index contributed by atoms with van der Waals surface area (Å²) < 4.78 is 16.5. The van der Waals surface area contributed by atoms with Crippen molar-refractivity contribution in [2.24, 2.45) is 0 Å². The van der Waals surface area contributed by atoms with Crippen LogP contribution in [0.2, 0.25) is 0 Å². The number of ether oxygens (including phenoxy) is 3. The van der Waals surface area contributed by atoms with Gasteiger partial charge in [0.05, 0.1) is 26.9 Å². The van der Waals surface area contributed by atoms with Gasteiger partial charge in [-0.05, 0) is 6.42 Å². The largest absolute Gasteiger partial charge is 0.496 e. The SMILES string of the molecule is COc1cc(OC)c(CN2CCC(N3CCNCC3)C2)c(OC)c1. The number of nitrogens with zero attached hydrogens (tertiary/aromatic N) is 2. The van der Waals surface area contributed by atoms with E-state index in [-0.39, 0.29) is 0 Å². The van der Waals surface area contributed by atoms with Gasteiger partial charge in [-0.2, -0.15) is 0 Å². The minimum Gasteiger partial charge on any atom is -0.496 e. The van der Waals surface area contributed by atoms with Crippen LogP contribution in [0.4, 0.5) is 0 Å². The van der Waals surface area contributed by atoms with Crippen molar-refractivity contribution in [2.45, 2.75) is 19.0 Å². The topological polar surface area (TPSA) is 46.2 Å². The molecule has 2 heterocycles. The van der Waals surface area contributed by atoms with Crippen molar-refractivity contribution < 1.29 is 14.2 Å². The van der Waals surface area contributed by atoms with Gasteiger partial charge in [0, 0.05) is 64.0 Å². The molecule has 1 unspecified atom stereocenters. The Morgan fingerprint density at radius 2 is 1.67 bits per heavy atom. The fourth-order valence-corrected chi connectivity index (χ4v) is 3.76. The van der Waals surface area contributed by atoms with Crippen molar-refractivity contribution >= 4 is 0 Å². The van der Waals surface area contributed by atoms with Gasteiger partial charge in [0.25, 0.3) is 0 Å². The third kappa shape index (κ3) is 3.77. The highest BCUT2D eigenvalue weighted by Gasteiger charge is 2.29. The second kappa shape index (κ2) is 8.05. The molecule has 0 amide bonds. The lowest BCUT2D eigenvalue weighted by Crippen LogP contribution is -2.49. The van der Waals surface area contributed by atoms with Crippen molar-refractivity contribution in [2.75, 3.05) is 60.6 Å². The monoisotopic (exact) mass is 335 g/mol. The van der Waals surface area contributed by atoms with Gasteiger partial charge < -0.3 is 19.5 Å². The van der Waals surface area contributed by atoms with E-state index in [1.54, 1.807) is 21.3 Å². The predicted molar refractivity (Wildman–Crippen MR) is 94.2 cm³/mol. The van der Waals surface area contributed by atoms with Crippen molar-refractivity contribution in [1.29, 1.82) is 0 Å². The highest BCUT2D eigenvalue weighted by Crippen LogP contribution is 2.35. The number of hydrogen-bond donors (Lipinski definition) is 1. The minimum atomic E-state index is 0.669. The molecular formula is C18H29N3O3. The van der Waals surface area contributed by atoms with Gasteiger partial charge in [0.1, 0.15) is 17.2 Å². The van der Waals surface area contributed by atoms with E-state index in [2.05, 4.69) is 15.1 Å². The van der Waals surface area contributed by atoms with Crippen molar-refractivity contribution in [3.8, 4) is 17.2 Å². The number of piperazine rings is 1. The van der Waals surface area contributed by atoms with Crippen LogP contribution < -0.4 is 19.5 Å². The first-order valence-electron chi connectivity index (χ1n) is 8.71. The van der Waals surface area contributed by atoms with Gasteiger partial charge in [0.15, 0.2) is 0 Å². The zero-order valence-corrected chi connectivity index (χ0v) is 15.0. The van der Waals surface area contributed by atoms with E-state index in [1.807, 2.05) is 12.1 Å². The van der Waals surface area contributed by atoms with E-state index in [0.29, 0.717) is 6.04 Å². The van der Waals surface area contributed by atoms with Gasteiger partial charge in [-0.15, -0.1) is 0 Å². The molecule has 24 heavy (non-hydrogen) atoms. The lowest BCUT2D eigenvalue weighted by Gasteiger charge is -2.32. The van der Waals surface area contributed by atoms with Crippen LogP contribution in [0.25, 0.3) is 0 Å². The number of methoxy groups -OCH3 is 3. The lowest BCUT2D eigenvalue weighted by molar-refractivity contribution is 0.170. The van der Waals surface area contributed by atoms with E-state index >= 15 is 0 Å². The van der Waals surface area contributed by atoms with Crippen molar-refractivity contribution in [3.63, 3.8) is 0 Å². The molecule has 0 radical (unpaired) electrons. The first kappa shape index (κ1) is 17.3. The summed E-state index contributed by atoms with van der Waals surface area (Å²) in [6.45, 7) is 7.61. The maximum absolute atomic E-state index is 5.58. The minimum absolute atomic E-state index is 0.669. The van der Waals surface area contributed by atoms with Gasteiger partial charge in [-0.25, -0.2) is 0 Å². The zero-order chi connectivity index (χ0) is 16.9. The Balaban J connectivity index is 1.69. The van der Waals surface area contributed by atoms with Crippen LogP contribution in [0.5, 0.6) is 17.2 Å². The maximum Gasteiger partial charge on any atom is 0.130 e. The van der Waals surface area contributed by atoms with E-state index in [1.165, 1.54) is 6.42 Å². The van der Waals surface area contributed by atoms with Gasteiger partial charge in [-0.3, -0.25) is 9.80 Å². The Kier molecular flexibility index (Phi) is 5.81. The molecular weight excluding hydrogens is 306 g/mol. The smallest absolute Gasteiger partial charge is 0.130 e. The summed E-state index contributed by atoms with van der Waals surface area (Å²) in [6, 6.07) is 4.53. The molecule has 3 rings (SSSR count). The molecule has 134 valence electrons. The van der Waals surface area contributed by atoms with Crippen LogP contribution in [-0.2, 0) is 6.54 Å². The molecule has 0 aliphatic carbocycles. The molecule has 0 spiro atoms. The molecule has 6 heteroatoms. The van der Waals surface area contributed by atoms with Gasteiger partial charge in [0.2, 0.25) is 0 Å². The molecule has 0 aromatic heterocycles. The van der Waals surface area contributed by atoms with Crippen molar-refractivity contribution in [3.05, 3.63) is 17.7 Å². The first-order chi connectivity index (χ1) is 11.7. The summed E-state index contributed by atoms with van der Waals surface area (Å²) in [6.07, 6.45) is 1.24. The predicted octanol–water partition coefficient (Wildman–Crippen LogP) is 1.19. The normalized spacial score (nSPS) is 22.5. The number of hydrogen-bond acceptors (Lipinski definition) is 6. The highest BCUT2D eigenvalue weighted by atomic mass is 16.5. The fraction of sp³-hybridized carbons (Fsp3) is 0.667. The molecule has 0 saturated carbocycles. The summed E-state index contributed by atoms with van der Waals surface area (Å²) in [5, 5.41) is 3.43. The average molecular weight is 335 g/mol. The van der Waals surface area contributed by atoms with E-state index in [0.717, 1.165) is 68.6 Å². The van der Waals surface area contributed by atoms with Gasteiger partial charge >= 0.3 is 0 Å². The second-order valence-corrected chi connectivity index (χ2v) is 6.47. The van der Waals surface area contributed by atoms with E-state index in [9.17, 15) is 0 Å². The molecule has 2 aliphatic rings. The van der Waals surface area contributed by atoms with Crippen LogP contribution in [0, 0.1) is 0 Å². The quantitative estimate of drug-likeness (QED) is 0.843. The molecule has 2 saturated heterocycles. The number of benzene rings is 1. The summed E-state index contributed by atoms with van der Waals surface area (Å²) in [4.78, 5) is 5.12. The Hall–Kier alpha value is -1.50. The van der Waals surface area contributed by atoms with Gasteiger partial charge in [-0.1, -0.05) is 0 Å². The number of likely N-dealkylation sites (tertiary alicyclic amines) is 1. The third-order valence-corrected chi connectivity index (χ3v) is 5.11. The van der Waals surface area contributed by atoms with Crippen LogP contribution in [0.15, 0.2) is 12.1 Å². The molecule has 1 atom stereocenters. The Labute approximate surface area is 144 Å². The summed E-state index contributed by atoms with van der Waals surface area (Å²) in [5.74, 6) is 2.42. The molecule has 2 aliphatic heterocycles. The molecule has 2 fully saturated rings. The molecule has 1 aromatic rings. The summed E-state index contributed by atoms with van der Waals surface area (Å²) in [5.41, 5.74) is 1.10. The number of nitrogens with one attached hydrogen (secondary N) is 1. The van der Waals surface area contributed by atoms with Crippen LogP contribution >= 0.6 is 0 Å². The van der Waals surface area contributed by atoms with E-state index in [4.69, 9.17) is 14.2 Å². The van der Waals surface area contributed by atoms with Crippen LogP contribution in [0.1, 0.15) is 12.0 Å². The fourth-order valence-electron chi connectivity index (χ4n) is 3.76. The Bertz CT molecular complexity index is 521. The number of rotatable bonds is 6. The van der Waals surface area contributed by atoms with Crippen LogP contribution in [-0.4, -0.2) is 76.4 Å². The Morgan fingerprint density at radius 1 is 1.00 bits per heavy atom. The molecule has 6 nitrogen and oxygen atoms in total. The summed E-state index contributed by atoms with van der Waals surface area (Å²) in [7, 11) is 5.06. The first-order valence-corrected chi connectivity index (χ1v) is 8.71. The second-order valence-electron chi connectivity index (χ2n) is 6.47. The van der Waals surface area contributed by atoms with E-state index < -0.39 is 0 Å². The van der Waals surface area contributed by atoms with Crippen molar-refractivity contribution in [1.82, 2.24) is 15.1 Å². The third-order valence-electron chi connectivity index (χ3n) is 5.11. The summed E-state index contributed by atoms with van der Waals surface area (Å²) >= 11 is 0. The molecule has 1 aromatic carbocycles. The van der Waals surface area contributed by atoms with Crippen LogP contribution in [0.3, 0.4) is 0 Å². The standard InChI is InChI=1S/C18H29N3O3/c1-22-15-10-17(23-2)16(18(11-15)24-3)13-20-7-4-14(12-20)21-8-5-19-6-9-21/h10-11,14,19H,4-9,12-13H2,1-3H3. The average Bonchev–Trinajstić information content (AvgIpc) is 3.11. The highest BCUT2D eigenvalue weighted by molar-refractivity contribution is 5.50. The zero-order valence-electron chi connectivity index (χ0n) is 15.0.